The topological polar surface area (TPSA) is 160 Å². The first-order chi connectivity index (χ1) is 12.8. The monoisotopic (exact) mass is 402 g/mol. The van der Waals surface area contributed by atoms with Gasteiger partial charge >= 0.3 is 17.9 Å². The molecule has 1 unspecified atom stereocenters. The zero-order chi connectivity index (χ0) is 22.3. The van der Waals surface area contributed by atoms with Crippen molar-refractivity contribution in [1.82, 2.24) is 0 Å². The molecular formula is C18H26O10. The Morgan fingerprint density at radius 3 is 1.39 bits per heavy atom. The minimum Gasteiger partial charge on any atom is -0.442 e. The molecule has 0 fully saturated rings. The summed E-state index contributed by atoms with van der Waals surface area (Å²) in [6, 6.07) is 0. The molecule has 10 heteroatoms. The van der Waals surface area contributed by atoms with E-state index in [9.17, 15) is 34.8 Å². The Kier molecular flexibility index (Phi) is 9.22. The van der Waals surface area contributed by atoms with Gasteiger partial charge in [0, 0.05) is 16.7 Å². The van der Waals surface area contributed by atoms with E-state index in [2.05, 4.69) is 19.7 Å². The molecule has 1 atom stereocenters. The van der Waals surface area contributed by atoms with Gasteiger partial charge in [-0.25, -0.2) is 14.4 Å². The van der Waals surface area contributed by atoms with E-state index in [1.54, 1.807) is 0 Å². The summed E-state index contributed by atoms with van der Waals surface area (Å²) in [7, 11) is 0. The van der Waals surface area contributed by atoms with Crippen LogP contribution in [-0.2, 0) is 28.6 Å². The number of esters is 3. The van der Waals surface area contributed by atoms with Crippen molar-refractivity contribution in [3.05, 3.63) is 36.5 Å². The normalized spacial score (nSPS) is 13.3. The van der Waals surface area contributed by atoms with E-state index in [-0.39, 0.29) is 16.7 Å². The van der Waals surface area contributed by atoms with Crippen molar-refractivity contribution >= 4 is 17.9 Å². The molecule has 10 nitrogen and oxygen atoms in total. The van der Waals surface area contributed by atoms with Crippen LogP contribution in [0.5, 0.6) is 0 Å². The summed E-state index contributed by atoms with van der Waals surface area (Å²) >= 11 is 0. The van der Waals surface area contributed by atoms with Crippen LogP contribution in [0.15, 0.2) is 36.5 Å². The summed E-state index contributed by atoms with van der Waals surface area (Å²) in [5.41, 5.74) is -6.14. The van der Waals surface area contributed by atoms with E-state index in [0.717, 1.165) is 0 Å². The lowest BCUT2D eigenvalue weighted by Crippen LogP contribution is -2.70. The minimum atomic E-state index is -2.82. The van der Waals surface area contributed by atoms with Crippen molar-refractivity contribution < 1.29 is 49.0 Å². The fourth-order valence-corrected chi connectivity index (χ4v) is 1.80. The van der Waals surface area contributed by atoms with Gasteiger partial charge in [0.1, 0.15) is 0 Å². The van der Waals surface area contributed by atoms with Crippen LogP contribution in [0.4, 0.5) is 0 Å². The molecule has 0 aromatic rings. The second-order valence-corrected chi connectivity index (χ2v) is 6.27. The van der Waals surface area contributed by atoms with Gasteiger partial charge in [-0.2, -0.15) is 0 Å². The maximum Gasteiger partial charge on any atom is 0.336 e. The molecule has 0 saturated heterocycles. The van der Waals surface area contributed by atoms with Crippen LogP contribution in [0.2, 0.25) is 0 Å². The van der Waals surface area contributed by atoms with E-state index < -0.39 is 55.2 Å². The highest BCUT2D eigenvalue weighted by Crippen LogP contribution is 2.34. The number of aliphatic hydroxyl groups excluding tert-OH is 3. The van der Waals surface area contributed by atoms with Crippen LogP contribution >= 0.6 is 0 Å². The highest BCUT2D eigenvalue weighted by atomic mass is 16.7. The predicted octanol–water partition coefficient (Wildman–Crippen LogP) is -0.883. The van der Waals surface area contributed by atoms with Crippen molar-refractivity contribution in [2.75, 3.05) is 19.8 Å². The van der Waals surface area contributed by atoms with Crippen molar-refractivity contribution in [3.63, 3.8) is 0 Å². The fourth-order valence-electron chi connectivity index (χ4n) is 1.80. The van der Waals surface area contributed by atoms with Gasteiger partial charge in [-0.3, -0.25) is 0 Å². The Balaban J connectivity index is 6.60. The van der Waals surface area contributed by atoms with Crippen LogP contribution < -0.4 is 0 Å². The van der Waals surface area contributed by atoms with Gasteiger partial charge in [0.15, 0.2) is 5.60 Å². The molecule has 0 heterocycles. The Hall–Kier alpha value is -2.53. The number of ether oxygens (including phenoxy) is 3. The van der Waals surface area contributed by atoms with Crippen molar-refractivity contribution in [1.29, 1.82) is 0 Å². The fraction of sp³-hybridized carbons (Fsp3) is 0.500. The summed E-state index contributed by atoms with van der Waals surface area (Å²) in [5, 5.41) is 39.8. The lowest BCUT2D eigenvalue weighted by atomic mass is 9.82. The second-order valence-electron chi connectivity index (χ2n) is 6.27. The van der Waals surface area contributed by atoms with Crippen molar-refractivity contribution in [3.8, 4) is 0 Å². The molecule has 0 radical (unpaired) electrons. The smallest absolute Gasteiger partial charge is 0.336 e. The van der Waals surface area contributed by atoms with Gasteiger partial charge in [-0.1, -0.05) is 19.7 Å². The third-order valence-electron chi connectivity index (χ3n) is 3.67. The summed E-state index contributed by atoms with van der Waals surface area (Å²) in [6.07, 6.45) is -2.29. The van der Waals surface area contributed by atoms with E-state index in [4.69, 9.17) is 14.2 Å². The van der Waals surface area contributed by atoms with E-state index in [1.807, 2.05) is 0 Å². The van der Waals surface area contributed by atoms with Gasteiger partial charge in [-0.05, 0) is 20.8 Å². The summed E-state index contributed by atoms with van der Waals surface area (Å²) in [6.45, 7) is 9.88. The highest BCUT2D eigenvalue weighted by Gasteiger charge is 2.62. The lowest BCUT2D eigenvalue weighted by molar-refractivity contribution is -0.301. The standard InChI is InChI=1S/C18H26O10/c1-10(2)13(22)26-16(27-14(23)11(3)4)18(9-21,17(25,7-19)8-20)28-15(24)12(5)6/h16,19-21,25H,1,3,5,7-9H2,2,4,6H3. The van der Waals surface area contributed by atoms with Gasteiger partial charge in [-0.15, -0.1) is 0 Å². The number of aliphatic hydroxyl groups is 4. The molecule has 0 aromatic carbocycles. The quantitative estimate of drug-likeness (QED) is 0.194. The molecule has 4 N–H and O–H groups in total. The molecule has 0 amide bonds. The molecule has 0 aromatic heterocycles. The first-order valence-electron chi connectivity index (χ1n) is 7.98. The summed E-state index contributed by atoms with van der Waals surface area (Å²) in [4.78, 5) is 36.1. The van der Waals surface area contributed by atoms with Crippen LogP contribution in [0.25, 0.3) is 0 Å². The molecule has 0 spiro atoms. The first kappa shape index (κ1) is 25.5. The summed E-state index contributed by atoms with van der Waals surface area (Å²) in [5.74, 6) is -3.47. The average molecular weight is 402 g/mol. The van der Waals surface area contributed by atoms with Gasteiger partial charge < -0.3 is 34.6 Å². The van der Waals surface area contributed by atoms with Crippen LogP contribution in [0.3, 0.4) is 0 Å². The van der Waals surface area contributed by atoms with Crippen LogP contribution in [-0.4, -0.2) is 75.6 Å². The number of rotatable bonds is 11. The molecule has 0 bridgehead atoms. The Morgan fingerprint density at radius 1 is 0.786 bits per heavy atom. The highest BCUT2D eigenvalue weighted by molar-refractivity contribution is 5.89. The van der Waals surface area contributed by atoms with Crippen molar-refractivity contribution in [2.24, 2.45) is 0 Å². The number of carbonyl (C=O) groups is 3. The molecule has 158 valence electrons. The van der Waals surface area contributed by atoms with E-state index in [0.29, 0.717) is 0 Å². The minimum absolute atomic E-state index is 0.161. The van der Waals surface area contributed by atoms with E-state index in [1.165, 1.54) is 20.8 Å². The van der Waals surface area contributed by atoms with E-state index >= 15 is 0 Å². The number of hydrogen-bond donors (Lipinski definition) is 4. The van der Waals surface area contributed by atoms with Crippen molar-refractivity contribution in [2.45, 2.75) is 38.3 Å². The number of carbonyl (C=O) groups excluding carboxylic acids is 3. The number of hydrogen-bond acceptors (Lipinski definition) is 10. The molecule has 0 aliphatic rings. The molecular weight excluding hydrogens is 376 g/mol. The Labute approximate surface area is 162 Å². The van der Waals surface area contributed by atoms with Gasteiger partial charge in [0.25, 0.3) is 6.29 Å². The second kappa shape index (κ2) is 10.1. The molecule has 0 rings (SSSR count). The first-order valence-corrected chi connectivity index (χ1v) is 7.98. The third kappa shape index (κ3) is 5.49. The third-order valence-corrected chi connectivity index (χ3v) is 3.67. The zero-order valence-electron chi connectivity index (χ0n) is 16.1. The van der Waals surface area contributed by atoms with Gasteiger partial charge in [0.05, 0.1) is 19.8 Å². The molecule has 0 saturated carbocycles. The van der Waals surface area contributed by atoms with Crippen LogP contribution in [0.1, 0.15) is 20.8 Å². The lowest BCUT2D eigenvalue weighted by Gasteiger charge is -2.45. The van der Waals surface area contributed by atoms with Crippen LogP contribution in [0, 0.1) is 0 Å². The average Bonchev–Trinajstić information content (AvgIpc) is 2.64. The predicted molar refractivity (Wildman–Crippen MR) is 95.4 cm³/mol. The maximum atomic E-state index is 12.1. The van der Waals surface area contributed by atoms with Gasteiger partial charge in [0.2, 0.25) is 5.60 Å². The SMILES string of the molecule is C=C(C)C(=O)OC(OC(=O)C(=C)C)C(CO)(OC(=O)C(=C)C)C(O)(CO)CO. The maximum absolute atomic E-state index is 12.1. The Bertz CT molecular complexity index is 633. The Morgan fingerprint density at radius 2 is 1.14 bits per heavy atom. The zero-order valence-corrected chi connectivity index (χ0v) is 16.1. The largest absolute Gasteiger partial charge is 0.442 e. The summed E-state index contributed by atoms with van der Waals surface area (Å²) < 4.78 is 14.9. The molecule has 28 heavy (non-hydrogen) atoms. The molecule has 0 aliphatic heterocycles. The molecule has 0 aliphatic carbocycles.